The molecule has 1 aromatic carbocycles. The van der Waals surface area contributed by atoms with Gasteiger partial charge in [0.1, 0.15) is 19.1 Å². The Hall–Kier alpha value is -2.18. The molecule has 0 amide bonds. The summed E-state index contributed by atoms with van der Waals surface area (Å²) in [4.78, 5) is 4.55. The van der Waals surface area contributed by atoms with Crippen molar-refractivity contribution in [3.63, 3.8) is 0 Å². The second-order valence-corrected chi connectivity index (χ2v) is 13.4. The fourth-order valence-electron chi connectivity index (χ4n) is 2.63. The molecule has 2 aromatic heterocycles. The van der Waals surface area contributed by atoms with Crippen LogP contribution in [0.5, 0.6) is 5.75 Å². The van der Waals surface area contributed by atoms with E-state index in [2.05, 4.69) is 29.7 Å². The lowest BCUT2D eigenvalue weighted by molar-refractivity contribution is 0.0810. The van der Waals surface area contributed by atoms with Gasteiger partial charge in [-0.1, -0.05) is 50.0 Å². The Labute approximate surface area is 156 Å². The first kappa shape index (κ1) is 18.6. The summed E-state index contributed by atoms with van der Waals surface area (Å²) in [5, 5.41) is 5.57. The largest absolute Gasteiger partial charge is 0.487 e. The fraction of sp³-hybridized carbons (Fsp3) is 0.400. The maximum absolute atomic E-state index is 5.87. The molecule has 0 aliphatic heterocycles. The Bertz CT molecular complexity index is 857. The minimum Gasteiger partial charge on any atom is -0.487 e. The number of ether oxygens (including phenoxy) is 2. The minimum absolute atomic E-state index is 0.437. The lowest BCUT2D eigenvalue weighted by atomic mass is 10.2. The molecule has 6 heteroatoms. The quantitative estimate of drug-likeness (QED) is 0.429. The summed E-state index contributed by atoms with van der Waals surface area (Å²) in [6, 6.07) is 13.3. The van der Waals surface area contributed by atoms with E-state index >= 15 is 0 Å². The number of hydrogen-bond acceptors (Lipinski definition) is 4. The van der Waals surface area contributed by atoms with Gasteiger partial charge in [0, 0.05) is 20.1 Å². The van der Waals surface area contributed by atoms with Crippen LogP contribution in [-0.4, -0.2) is 29.4 Å². The number of aryl methyl sites for hydroxylation is 1. The highest BCUT2D eigenvalue weighted by atomic mass is 28.3. The number of pyridine rings is 1. The number of rotatable bonds is 8. The van der Waals surface area contributed by atoms with Gasteiger partial charge >= 0.3 is 0 Å². The molecule has 0 bridgehead atoms. The SMILES string of the molecule is Cc1nn(COCC[Si](C)(C)C)c2ncc(OCc3ccccc3)cc12. The molecule has 0 spiro atoms. The zero-order chi connectivity index (χ0) is 18.6. The fourth-order valence-corrected chi connectivity index (χ4v) is 3.39. The number of hydrogen-bond donors (Lipinski definition) is 0. The van der Waals surface area contributed by atoms with E-state index in [1.54, 1.807) is 6.20 Å². The van der Waals surface area contributed by atoms with Gasteiger partial charge in [0.05, 0.1) is 11.9 Å². The van der Waals surface area contributed by atoms with Crippen molar-refractivity contribution in [3.8, 4) is 5.75 Å². The molecule has 2 heterocycles. The second-order valence-electron chi connectivity index (χ2n) is 7.75. The molecule has 138 valence electrons. The van der Waals surface area contributed by atoms with E-state index < -0.39 is 8.07 Å². The molecule has 0 radical (unpaired) electrons. The third-order valence-electron chi connectivity index (χ3n) is 4.20. The summed E-state index contributed by atoms with van der Waals surface area (Å²) >= 11 is 0. The van der Waals surface area contributed by atoms with Gasteiger partial charge in [-0.15, -0.1) is 0 Å². The van der Waals surface area contributed by atoms with Crippen LogP contribution in [0.2, 0.25) is 25.7 Å². The highest BCUT2D eigenvalue weighted by molar-refractivity contribution is 6.76. The van der Waals surface area contributed by atoms with Crippen molar-refractivity contribution < 1.29 is 9.47 Å². The summed E-state index contributed by atoms with van der Waals surface area (Å²) in [6.07, 6.45) is 1.75. The van der Waals surface area contributed by atoms with Gasteiger partial charge in [-0.25, -0.2) is 9.67 Å². The van der Waals surface area contributed by atoms with Crippen molar-refractivity contribution in [2.45, 2.75) is 45.9 Å². The van der Waals surface area contributed by atoms with Crippen LogP contribution in [0.3, 0.4) is 0 Å². The Morgan fingerprint density at radius 3 is 2.62 bits per heavy atom. The molecule has 0 atom stereocenters. The van der Waals surface area contributed by atoms with E-state index in [-0.39, 0.29) is 0 Å². The van der Waals surface area contributed by atoms with Gasteiger partial charge in [-0.2, -0.15) is 5.10 Å². The highest BCUT2D eigenvalue weighted by Crippen LogP contribution is 2.22. The minimum atomic E-state index is -1.08. The van der Waals surface area contributed by atoms with Crippen molar-refractivity contribution in [1.82, 2.24) is 14.8 Å². The summed E-state index contributed by atoms with van der Waals surface area (Å²) in [5.74, 6) is 0.753. The molecular formula is C20H27N3O2Si. The normalized spacial score (nSPS) is 11.8. The van der Waals surface area contributed by atoms with Crippen molar-refractivity contribution in [1.29, 1.82) is 0 Å². The van der Waals surface area contributed by atoms with Gasteiger partial charge in [-0.3, -0.25) is 0 Å². The molecule has 0 unspecified atom stereocenters. The van der Waals surface area contributed by atoms with E-state index in [0.29, 0.717) is 13.3 Å². The number of benzene rings is 1. The summed E-state index contributed by atoms with van der Waals surface area (Å²) in [6.45, 7) is 10.8. The van der Waals surface area contributed by atoms with Crippen molar-refractivity contribution in [3.05, 3.63) is 53.9 Å². The molecule has 5 nitrogen and oxygen atoms in total. The van der Waals surface area contributed by atoms with Gasteiger partial charge in [0.15, 0.2) is 5.65 Å². The van der Waals surface area contributed by atoms with Gasteiger partial charge in [0.2, 0.25) is 0 Å². The predicted octanol–water partition coefficient (Wildman–Crippen LogP) is 4.63. The third-order valence-corrected chi connectivity index (χ3v) is 5.91. The third kappa shape index (κ3) is 4.92. The van der Waals surface area contributed by atoms with Crippen LogP contribution in [0.4, 0.5) is 0 Å². The molecule has 0 fully saturated rings. The molecule has 0 saturated heterocycles. The summed E-state index contributed by atoms with van der Waals surface area (Å²) < 4.78 is 13.5. The maximum atomic E-state index is 5.87. The van der Waals surface area contributed by atoms with Crippen LogP contribution in [0, 0.1) is 6.92 Å². The van der Waals surface area contributed by atoms with Crippen LogP contribution in [0.25, 0.3) is 11.0 Å². The number of fused-ring (bicyclic) bond motifs is 1. The second kappa shape index (κ2) is 8.01. The van der Waals surface area contributed by atoms with Crippen LogP contribution >= 0.6 is 0 Å². The Morgan fingerprint density at radius 2 is 1.88 bits per heavy atom. The lowest BCUT2D eigenvalue weighted by Gasteiger charge is -2.15. The van der Waals surface area contributed by atoms with E-state index in [1.807, 2.05) is 48.0 Å². The molecular weight excluding hydrogens is 342 g/mol. The summed E-state index contributed by atoms with van der Waals surface area (Å²) in [5.41, 5.74) is 2.91. The molecule has 0 N–H and O–H groups in total. The standard InChI is InChI=1S/C20H27N3O2Si/c1-16-19-12-18(25-14-17-8-6-5-7-9-17)13-21-20(19)23(22-16)15-24-10-11-26(2,3)4/h5-9,12-13H,10-11,14-15H2,1-4H3. The van der Waals surface area contributed by atoms with E-state index in [0.717, 1.165) is 40.7 Å². The topological polar surface area (TPSA) is 49.2 Å². The predicted molar refractivity (Wildman–Crippen MR) is 107 cm³/mol. The zero-order valence-electron chi connectivity index (χ0n) is 16.0. The van der Waals surface area contributed by atoms with Gasteiger partial charge in [-0.05, 0) is 24.6 Å². The average Bonchev–Trinajstić information content (AvgIpc) is 2.93. The van der Waals surface area contributed by atoms with E-state index in [4.69, 9.17) is 9.47 Å². The molecule has 0 aliphatic carbocycles. The molecule has 3 aromatic rings. The molecule has 3 rings (SSSR count). The maximum Gasteiger partial charge on any atom is 0.160 e. The first-order valence-electron chi connectivity index (χ1n) is 9.00. The van der Waals surface area contributed by atoms with E-state index in [9.17, 15) is 0 Å². The number of nitrogens with zero attached hydrogens (tertiary/aromatic N) is 3. The van der Waals surface area contributed by atoms with Crippen LogP contribution in [-0.2, 0) is 18.1 Å². The van der Waals surface area contributed by atoms with Crippen LogP contribution < -0.4 is 4.74 Å². The Balaban J connectivity index is 1.65. The highest BCUT2D eigenvalue weighted by Gasteiger charge is 2.13. The monoisotopic (exact) mass is 369 g/mol. The van der Waals surface area contributed by atoms with Crippen LogP contribution in [0.1, 0.15) is 11.3 Å². The lowest BCUT2D eigenvalue weighted by Crippen LogP contribution is -2.22. The molecule has 26 heavy (non-hydrogen) atoms. The Kier molecular flexibility index (Phi) is 5.73. The first-order valence-corrected chi connectivity index (χ1v) is 12.7. The van der Waals surface area contributed by atoms with Crippen molar-refractivity contribution >= 4 is 19.1 Å². The Morgan fingerprint density at radius 1 is 1.12 bits per heavy atom. The first-order chi connectivity index (χ1) is 12.4. The number of aromatic nitrogens is 3. The van der Waals surface area contributed by atoms with Crippen LogP contribution in [0.15, 0.2) is 42.6 Å². The van der Waals surface area contributed by atoms with Gasteiger partial charge in [0.25, 0.3) is 0 Å². The van der Waals surface area contributed by atoms with Gasteiger partial charge < -0.3 is 9.47 Å². The average molecular weight is 370 g/mol. The smallest absolute Gasteiger partial charge is 0.160 e. The summed E-state index contributed by atoms with van der Waals surface area (Å²) in [7, 11) is -1.08. The molecule has 0 saturated carbocycles. The van der Waals surface area contributed by atoms with Crippen molar-refractivity contribution in [2.75, 3.05) is 6.61 Å². The van der Waals surface area contributed by atoms with Crippen molar-refractivity contribution in [2.24, 2.45) is 0 Å². The van der Waals surface area contributed by atoms with E-state index in [1.165, 1.54) is 0 Å². The molecule has 0 aliphatic rings. The zero-order valence-corrected chi connectivity index (χ0v) is 17.0.